The van der Waals surface area contributed by atoms with E-state index in [1.165, 1.54) is 0 Å². The molecule has 0 aromatic carbocycles. The third-order valence-corrected chi connectivity index (χ3v) is 4.26. The van der Waals surface area contributed by atoms with Gasteiger partial charge >= 0.3 is 5.97 Å². The SMILES string of the molecule is Cc1cc(C)n(CCC(=O)NCC2(CC(=O)O)CCC2)n1. The lowest BCUT2D eigenvalue weighted by molar-refractivity contribution is -0.141. The number of nitrogens with zero attached hydrogens (tertiary/aromatic N) is 2. The van der Waals surface area contributed by atoms with Crippen LogP contribution in [0.1, 0.15) is 43.5 Å². The summed E-state index contributed by atoms with van der Waals surface area (Å²) >= 11 is 0. The molecule has 1 aliphatic carbocycles. The first-order chi connectivity index (χ1) is 9.90. The Kier molecular flexibility index (Phi) is 4.65. The lowest BCUT2D eigenvalue weighted by atomic mass is 9.66. The van der Waals surface area contributed by atoms with Gasteiger partial charge in [-0.05, 0) is 38.2 Å². The molecule has 1 aromatic heterocycles. The number of aliphatic carboxylic acids is 1. The topological polar surface area (TPSA) is 84.2 Å². The molecule has 1 saturated carbocycles. The van der Waals surface area contributed by atoms with E-state index >= 15 is 0 Å². The Labute approximate surface area is 124 Å². The molecule has 116 valence electrons. The zero-order valence-electron chi connectivity index (χ0n) is 12.7. The lowest BCUT2D eigenvalue weighted by Crippen LogP contribution is -2.43. The fourth-order valence-electron chi connectivity index (χ4n) is 2.90. The normalized spacial score (nSPS) is 16.3. The van der Waals surface area contributed by atoms with E-state index in [0.717, 1.165) is 30.7 Å². The van der Waals surface area contributed by atoms with Crippen LogP contribution in [-0.2, 0) is 16.1 Å². The summed E-state index contributed by atoms with van der Waals surface area (Å²) in [4.78, 5) is 22.8. The maximum atomic E-state index is 11.9. The van der Waals surface area contributed by atoms with Crippen molar-refractivity contribution >= 4 is 11.9 Å². The molecular weight excluding hydrogens is 270 g/mol. The van der Waals surface area contributed by atoms with Crippen molar-refractivity contribution in [2.24, 2.45) is 5.41 Å². The predicted molar refractivity (Wildman–Crippen MR) is 77.9 cm³/mol. The number of hydrogen-bond donors (Lipinski definition) is 2. The second-order valence-electron chi connectivity index (χ2n) is 6.10. The van der Waals surface area contributed by atoms with E-state index in [9.17, 15) is 9.59 Å². The predicted octanol–water partition coefficient (Wildman–Crippen LogP) is 1.65. The summed E-state index contributed by atoms with van der Waals surface area (Å²) in [6.07, 6.45) is 3.33. The van der Waals surface area contributed by atoms with Gasteiger partial charge in [-0.1, -0.05) is 6.42 Å². The summed E-state index contributed by atoms with van der Waals surface area (Å²) < 4.78 is 1.82. The highest BCUT2D eigenvalue weighted by Gasteiger charge is 2.39. The largest absolute Gasteiger partial charge is 0.481 e. The quantitative estimate of drug-likeness (QED) is 0.800. The summed E-state index contributed by atoms with van der Waals surface area (Å²) in [6, 6.07) is 1.98. The van der Waals surface area contributed by atoms with Gasteiger partial charge in [0.2, 0.25) is 5.91 Å². The Hall–Kier alpha value is -1.85. The number of aryl methyl sites for hydroxylation is 3. The standard InChI is InChI=1S/C15H23N3O3/c1-11-8-12(2)18(17-11)7-4-13(19)16-10-15(5-3-6-15)9-14(20)21/h8H,3-7,9-10H2,1-2H3,(H,16,19)(H,20,21). The molecule has 0 atom stereocenters. The fourth-order valence-corrected chi connectivity index (χ4v) is 2.90. The highest BCUT2D eigenvalue weighted by Crippen LogP contribution is 2.43. The minimum atomic E-state index is -0.786. The Morgan fingerprint density at radius 3 is 2.62 bits per heavy atom. The molecule has 1 fully saturated rings. The van der Waals surface area contributed by atoms with Gasteiger partial charge in [-0.15, -0.1) is 0 Å². The van der Waals surface area contributed by atoms with Crippen molar-refractivity contribution in [2.45, 2.75) is 52.5 Å². The van der Waals surface area contributed by atoms with Crippen molar-refractivity contribution < 1.29 is 14.7 Å². The summed E-state index contributed by atoms with van der Waals surface area (Å²) in [5, 5.41) is 16.1. The number of rotatable bonds is 7. The number of carbonyl (C=O) groups excluding carboxylic acids is 1. The molecule has 0 bridgehead atoms. The molecule has 1 heterocycles. The van der Waals surface area contributed by atoms with Crippen LogP contribution in [0.25, 0.3) is 0 Å². The highest BCUT2D eigenvalue weighted by molar-refractivity contribution is 5.76. The zero-order valence-corrected chi connectivity index (χ0v) is 12.7. The van der Waals surface area contributed by atoms with Crippen molar-refractivity contribution in [1.82, 2.24) is 15.1 Å². The first kappa shape index (κ1) is 15.5. The minimum Gasteiger partial charge on any atom is -0.481 e. The van der Waals surface area contributed by atoms with E-state index in [0.29, 0.717) is 19.5 Å². The van der Waals surface area contributed by atoms with Crippen LogP contribution in [0.5, 0.6) is 0 Å². The number of carbonyl (C=O) groups is 2. The molecule has 0 radical (unpaired) electrons. The van der Waals surface area contributed by atoms with E-state index < -0.39 is 5.97 Å². The Balaban J connectivity index is 1.77. The highest BCUT2D eigenvalue weighted by atomic mass is 16.4. The molecule has 2 N–H and O–H groups in total. The summed E-state index contributed by atoms with van der Waals surface area (Å²) in [5.41, 5.74) is 1.77. The van der Waals surface area contributed by atoms with Gasteiger partial charge < -0.3 is 10.4 Å². The fraction of sp³-hybridized carbons (Fsp3) is 0.667. The Bertz CT molecular complexity index is 532. The molecule has 6 nitrogen and oxygen atoms in total. The van der Waals surface area contributed by atoms with Gasteiger partial charge in [0, 0.05) is 25.2 Å². The molecule has 1 aromatic rings. The van der Waals surface area contributed by atoms with E-state index in [2.05, 4.69) is 10.4 Å². The third-order valence-electron chi connectivity index (χ3n) is 4.26. The van der Waals surface area contributed by atoms with Crippen LogP contribution in [-0.4, -0.2) is 33.3 Å². The van der Waals surface area contributed by atoms with Gasteiger partial charge in [0.05, 0.1) is 12.1 Å². The maximum Gasteiger partial charge on any atom is 0.303 e. The molecule has 2 rings (SSSR count). The van der Waals surface area contributed by atoms with Crippen LogP contribution in [0.3, 0.4) is 0 Å². The lowest BCUT2D eigenvalue weighted by Gasteiger charge is -2.40. The average Bonchev–Trinajstić information content (AvgIpc) is 2.68. The zero-order chi connectivity index (χ0) is 15.5. The molecule has 6 heteroatoms. The summed E-state index contributed by atoms with van der Waals surface area (Å²) in [6.45, 7) is 4.91. The Morgan fingerprint density at radius 1 is 1.43 bits per heavy atom. The van der Waals surface area contributed by atoms with Crippen molar-refractivity contribution in [3.63, 3.8) is 0 Å². The number of carboxylic acid groups (broad SMARTS) is 1. The monoisotopic (exact) mass is 293 g/mol. The minimum absolute atomic E-state index is 0.0424. The van der Waals surface area contributed by atoms with E-state index in [1.807, 2.05) is 24.6 Å². The van der Waals surface area contributed by atoms with Gasteiger partial charge in [-0.25, -0.2) is 0 Å². The number of amides is 1. The molecule has 0 unspecified atom stereocenters. The second-order valence-corrected chi connectivity index (χ2v) is 6.10. The second kappa shape index (κ2) is 6.28. The van der Waals surface area contributed by atoms with Crippen LogP contribution in [0.4, 0.5) is 0 Å². The van der Waals surface area contributed by atoms with E-state index in [1.54, 1.807) is 0 Å². The van der Waals surface area contributed by atoms with Crippen molar-refractivity contribution in [2.75, 3.05) is 6.54 Å². The number of hydrogen-bond acceptors (Lipinski definition) is 3. The maximum absolute atomic E-state index is 11.9. The number of nitrogens with one attached hydrogen (secondary N) is 1. The third kappa shape index (κ3) is 4.06. The average molecular weight is 293 g/mol. The Morgan fingerprint density at radius 2 is 2.14 bits per heavy atom. The van der Waals surface area contributed by atoms with Crippen LogP contribution < -0.4 is 5.32 Å². The van der Waals surface area contributed by atoms with Crippen molar-refractivity contribution in [3.05, 3.63) is 17.5 Å². The summed E-state index contributed by atoms with van der Waals surface area (Å²) in [7, 11) is 0. The molecule has 1 aliphatic rings. The van der Waals surface area contributed by atoms with Gasteiger partial charge in [0.15, 0.2) is 0 Å². The van der Waals surface area contributed by atoms with Crippen LogP contribution in [0, 0.1) is 19.3 Å². The molecule has 21 heavy (non-hydrogen) atoms. The van der Waals surface area contributed by atoms with E-state index in [-0.39, 0.29) is 17.7 Å². The molecular formula is C15H23N3O3. The van der Waals surface area contributed by atoms with E-state index in [4.69, 9.17) is 5.11 Å². The molecule has 0 saturated heterocycles. The number of aromatic nitrogens is 2. The van der Waals surface area contributed by atoms with Crippen LogP contribution in [0.2, 0.25) is 0 Å². The van der Waals surface area contributed by atoms with Gasteiger partial charge in [0.1, 0.15) is 0 Å². The van der Waals surface area contributed by atoms with Crippen LogP contribution >= 0.6 is 0 Å². The molecule has 0 aliphatic heterocycles. The first-order valence-corrected chi connectivity index (χ1v) is 7.40. The number of carboxylic acids is 1. The van der Waals surface area contributed by atoms with Crippen molar-refractivity contribution in [1.29, 1.82) is 0 Å². The summed E-state index contributed by atoms with van der Waals surface area (Å²) in [5.74, 6) is -0.828. The van der Waals surface area contributed by atoms with Gasteiger partial charge in [0.25, 0.3) is 0 Å². The molecule has 1 amide bonds. The smallest absolute Gasteiger partial charge is 0.303 e. The van der Waals surface area contributed by atoms with Gasteiger partial charge in [-0.2, -0.15) is 5.10 Å². The molecule has 0 spiro atoms. The first-order valence-electron chi connectivity index (χ1n) is 7.40. The van der Waals surface area contributed by atoms with Gasteiger partial charge in [-0.3, -0.25) is 14.3 Å². The van der Waals surface area contributed by atoms with Crippen LogP contribution in [0.15, 0.2) is 6.07 Å². The van der Waals surface area contributed by atoms with Crippen molar-refractivity contribution in [3.8, 4) is 0 Å².